The molecule has 2 nitrogen and oxygen atoms in total. The van der Waals surface area contributed by atoms with Crippen LogP contribution in [0.5, 0.6) is 0 Å². The first-order valence-electron chi connectivity index (χ1n) is 6.16. The van der Waals surface area contributed by atoms with Crippen LogP contribution < -0.4 is 11.5 Å². The Morgan fingerprint density at radius 3 is 2.28 bits per heavy atom. The van der Waals surface area contributed by atoms with Crippen LogP contribution >= 0.6 is 0 Å². The molecular weight excluding hydrogens is 220 g/mol. The molecule has 1 atom stereocenters. The van der Waals surface area contributed by atoms with Crippen molar-refractivity contribution in [2.75, 3.05) is 6.54 Å². The van der Waals surface area contributed by atoms with Gasteiger partial charge in [0.1, 0.15) is 0 Å². The Bertz CT molecular complexity index is 704. The summed E-state index contributed by atoms with van der Waals surface area (Å²) >= 11 is 0. The molecule has 3 rings (SSSR count). The highest BCUT2D eigenvalue weighted by Crippen LogP contribution is 2.27. The van der Waals surface area contributed by atoms with Crippen molar-refractivity contribution in [3.05, 3.63) is 60.2 Å². The Morgan fingerprint density at radius 2 is 1.50 bits per heavy atom. The SMILES string of the molecule is NC[C@H](N)c1ccc2ccc3ccccc3c2c1. The van der Waals surface area contributed by atoms with Gasteiger partial charge in [-0.2, -0.15) is 0 Å². The van der Waals surface area contributed by atoms with E-state index in [4.69, 9.17) is 11.5 Å². The maximum absolute atomic E-state index is 6.00. The van der Waals surface area contributed by atoms with E-state index < -0.39 is 0 Å². The van der Waals surface area contributed by atoms with E-state index in [1.165, 1.54) is 21.5 Å². The van der Waals surface area contributed by atoms with Gasteiger partial charge in [0.05, 0.1) is 0 Å². The molecule has 4 N–H and O–H groups in total. The minimum Gasteiger partial charge on any atom is -0.329 e. The first kappa shape index (κ1) is 11.2. The second-order valence-electron chi connectivity index (χ2n) is 4.61. The molecule has 90 valence electrons. The number of fused-ring (bicyclic) bond motifs is 3. The summed E-state index contributed by atoms with van der Waals surface area (Å²) in [5.74, 6) is 0. The third kappa shape index (κ3) is 1.76. The number of hydrogen-bond acceptors (Lipinski definition) is 2. The van der Waals surface area contributed by atoms with Crippen LogP contribution in [0.1, 0.15) is 11.6 Å². The fourth-order valence-corrected chi connectivity index (χ4v) is 2.39. The first-order valence-corrected chi connectivity index (χ1v) is 6.16. The standard InChI is InChI=1S/C16H16N2/c17-10-16(18)13-8-7-12-6-5-11-3-1-2-4-14(11)15(12)9-13/h1-9,16H,10,17-18H2/t16-/m0/s1. The molecular formula is C16H16N2. The third-order valence-corrected chi connectivity index (χ3v) is 3.45. The predicted molar refractivity (Wildman–Crippen MR) is 77.4 cm³/mol. The number of rotatable bonds is 2. The van der Waals surface area contributed by atoms with E-state index in [2.05, 4.69) is 54.6 Å². The van der Waals surface area contributed by atoms with Crippen molar-refractivity contribution in [1.29, 1.82) is 0 Å². The zero-order valence-corrected chi connectivity index (χ0v) is 10.1. The fourth-order valence-electron chi connectivity index (χ4n) is 2.39. The van der Waals surface area contributed by atoms with Crippen molar-refractivity contribution in [1.82, 2.24) is 0 Å². The van der Waals surface area contributed by atoms with E-state index in [1.807, 2.05) is 0 Å². The maximum Gasteiger partial charge on any atom is 0.0419 e. The molecule has 0 fully saturated rings. The average molecular weight is 236 g/mol. The molecule has 0 aromatic heterocycles. The van der Waals surface area contributed by atoms with Gasteiger partial charge in [-0.3, -0.25) is 0 Å². The minimum atomic E-state index is -0.0895. The third-order valence-electron chi connectivity index (χ3n) is 3.45. The lowest BCUT2D eigenvalue weighted by molar-refractivity contribution is 0.738. The summed E-state index contributed by atoms with van der Waals surface area (Å²) in [5, 5.41) is 5.00. The average Bonchev–Trinajstić information content (AvgIpc) is 2.45. The van der Waals surface area contributed by atoms with Crippen LogP contribution in [0, 0.1) is 0 Å². The molecule has 0 aliphatic rings. The molecule has 0 radical (unpaired) electrons. The lowest BCUT2D eigenvalue weighted by Gasteiger charge is -2.11. The highest BCUT2D eigenvalue weighted by Gasteiger charge is 2.06. The van der Waals surface area contributed by atoms with E-state index in [9.17, 15) is 0 Å². The number of hydrogen-bond donors (Lipinski definition) is 2. The van der Waals surface area contributed by atoms with Gasteiger partial charge in [0.25, 0.3) is 0 Å². The molecule has 0 aliphatic heterocycles. The van der Waals surface area contributed by atoms with Gasteiger partial charge in [-0.05, 0) is 33.2 Å². The van der Waals surface area contributed by atoms with Crippen LogP contribution in [-0.2, 0) is 0 Å². The smallest absolute Gasteiger partial charge is 0.0419 e. The summed E-state index contributed by atoms with van der Waals surface area (Å²) in [4.78, 5) is 0. The molecule has 0 aliphatic carbocycles. The molecule has 0 amide bonds. The largest absolute Gasteiger partial charge is 0.329 e. The molecule has 0 saturated heterocycles. The molecule has 2 heteroatoms. The summed E-state index contributed by atoms with van der Waals surface area (Å²) < 4.78 is 0. The van der Waals surface area contributed by atoms with E-state index in [0.29, 0.717) is 6.54 Å². The highest BCUT2D eigenvalue weighted by molar-refractivity contribution is 6.07. The van der Waals surface area contributed by atoms with Gasteiger partial charge >= 0.3 is 0 Å². The maximum atomic E-state index is 6.00. The van der Waals surface area contributed by atoms with Crippen molar-refractivity contribution >= 4 is 21.5 Å². The predicted octanol–water partition coefficient (Wildman–Crippen LogP) is 2.95. The molecule has 3 aromatic carbocycles. The van der Waals surface area contributed by atoms with Gasteiger partial charge in [-0.15, -0.1) is 0 Å². The van der Waals surface area contributed by atoms with Crippen LogP contribution in [0.2, 0.25) is 0 Å². The van der Waals surface area contributed by atoms with Crippen LogP contribution in [-0.4, -0.2) is 6.54 Å². The second kappa shape index (κ2) is 4.41. The zero-order valence-electron chi connectivity index (χ0n) is 10.1. The molecule has 0 bridgehead atoms. The van der Waals surface area contributed by atoms with Crippen molar-refractivity contribution < 1.29 is 0 Å². The molecule has 18 heavy (non-hydrogen) atoms. The fraction of sp³-hybridized carbons (Fsp3) is 0.125. The van der Waals surface area contributed by atoms with Gasteiger partial charge in [0, 0.05) is 12.6 Å². The summed E-state index contributed by atoms with van der Waals surface area (Å²) in [6, 6.07) is 19.0. The van der Waals surface area contributed by atoms with Gasteiger partial charge in [-0.25, -0.2) is 0 Å². The van der Waals surface area contributed by atoms with Crippen LogP contribution in [0.4, 0.5) is 0 Å². The Morgan fingerprint density at radius 1 is 0.833 bits per heavy atom. The topological polar surface area (TPSA) is 52.0 Å². The molecule has 0 unspecified atom stereocenters. The van der Waals surface area contributed by atoms with Gasteiger partial charge < -0.3 is 11.5 Å². The van der Waals surface area contributed by atoms with Gasteiger partial charge in [0.2, 0.25) is 0 Å². The number of nitrogens with two attached hydrogens (primary N) is 2. The lowest BCUT2D eigenvalue weighted by Crippen LogP contribution is -2.20. The van der Waals surface area contributed by atoms with Crippen LogP contribution in [0.3, 0.4) is 0 Å². The molecule has 0 spiro atoms. The summed E-state index contributed by atoms with van der Waals surface area (Å²) in [6.07, 6.45) is 0. The van der Waals surface area contributed by atoms with Gasteiger partial charge in [-0.1, -0.05) is 48.5 Å². The van der Waals surface area contributed by atoms with Crippen LogP contribution in [0.15, 0.2) is 54.6 Å². The highest BCUT2D eigenvalue weighted by atomic mass is 14.7. The van der Waals surface area contributed by atoms with Crippen molar-refractivity contribution in [3.8, 4) is 0 Å². The quantitative estimate of drug-likeness (QED) is 0.672. The normalized spacial score (nSPS) is 13.0. The first-order chi connectivity index (χ1) is 8.79. The lowest BCUT2D eigenvalue weighted by atomic mass is 9.98. The summed E-state index contributed by atoms with van der Waals surface area (Å²) in [6.45, 7) is 0.469. The van der Waals surface area contributed by atoms with E-state index in [0.717, 1.165) is 5.56 Å². The van der Waals surface area contributed by atoms with E-state index in [-0.39, 0.29) is 6.04 Å². The number of benzene rings is 3. The van der Waals surface area contributed by atoms with Crippen molar-refractivity contribution in [2.45, 2.75) is 6.04 Å². The monoisotopic (exact) mass is 236 g/mol. The second-order valence-corrected chi connectivity index (χ2v) is 4.61. The van der Waals surface area contributed by atoms with E-state index >= 15 is 0 Å². The van der Waals surface area contributed by atoms with Gasteiger partial charge in [0.15, 0.2) is 0 Å². The summed E-state index contributed by atoms with van der Waals surface area (Å²) in [5.41, 5.74) is 12.7. The molecule has 0 heterocycles. The molecule has 0 saturated carbocycles. The Balaban J connectivity index is 2.33. The Hall–Kier alpha value is -1.90. The summed E-state index contributed by atoms with van der Waals surface area (Å²) in [7, 11) is 0. The minimum absolute atomic E-state index is 0.0895. The van der Waals surface area contributed by atoms with Crippen LogP contribution in [0.25, 0.3) is 21.5 Å². The Labute approximate surface area is 106 Å². The van der Waals surface area contributed by atoms with Crippen molar-refractivity contribution in [2.24, 2.45) is 11.5 Å². The Kier molecular flexibility index (Phi) is 2.74. The van der Waals surface area contributed by atoms with E-state index in [1.54, 1.807) is 0 Å². The van der Waals surface area contributed by atoms with Crippen molar-refractivity contribution in [3.63, 3.8) is 0 Å². The zero-order chi connectivity index (χ0) is 12.5. The molecule has 3 aromatic rings.